The van der Waals surface area contributed by atoms with E-state index < -0.39 is 75.1 Å². The fraction of sp³-hybridized carbons (Fsp3) is 0.211. The Labute approximate surface area is 180 Å². The zero-order valence-electron chi connectivity index (χ0n) is 15.9. The molecule has 0 aliphatic heterocycles. The highest BCUT2D eigenvalue weighted by Crippen LogP contribution is 2.41. The van der Waals surface area contributed by atoms with E-state index in [0.29, 0.717) is 0 Å². The maximum absolute atomic E-state index is 12.9. The summed E-state index contributed by atoms with van der Waals surface area (Å²) in [6.07, 6.45) is -20.8. The van der Waals surface area contributed by atoms with E-state index >= 15 is 0 Å². The van der Waals surface area contributed by atoms with Gasteiger partial charge >= 0.3 is 24.7 Å². The Balaban J connectivity index is 1.94. The Bertz CT molecular complexity index is 1070. The molecule has 0 saturated heterocycles. The van der Waals surface area contributed by atoms with Gasteiger partial charge in [-0.15, -0.1) is 0 Å². The van der Waals surface area contributed by atoms with Gasteiger partial charge in [0.05, 0.1) is 22.3 Å². The van der Waals surface area contributed by atoms with Gasteiger partial charge in [0.15, 0.2) is 0 Å². The average molecular weight is 508 g/mol. The molecule has 3 rings (SSSR count). The Hall–Kier alpha value is -3.39. The van der Waals surface area contributed by atoms with Crippen molar-refractivity contribution >= 4 is 22.7 Å². The highest BCUT2D eigenvalue weighted by Gasteiger charge is 2.39. The molecule has 0 bridgehead atoms. The molecule has 0 fully saturated rings. The molecule has 0 heterocycles. The Morgan fingerprint density at radius 1 is 0.441 bits per heavy atom. The molecule has 3 aromatic carbocycles. The van der Waals surface area contributed by atoms with Gasteiger partial charge in [0, 0.05) is 11.4 Å². The largest absolute Gasteiger partial charge is 0.416 e. The van der Waals surface area contributed by atoms with Crippen LogP contribution in [0.5, 0.6) is 0 Å². The molecule has 3 nitrogen and oxygen atoms in total. The van der Waals surface area contributed by atoms with Crippen molar-refractivity contribution in [3.05, 3.63) is 68.9 Å². The number of nitrogens with one attached hydrogen (secondary N) is 2. The normalized spacial score (nSPS) is 13.4. The van der Waals surface area contributed by atoms with Crippen molar-refractivity contribution in [3.8, 4) is 0 Å². The highest BCUT2D eigenvalue weighted by atomic mass is 19.4. The van der Waals surface area contributed by atoms with E-state index in [0.717, 1.165) is 0 Å². The van der Waals surface area contributed by atoms with Crippen LogP contribution in [0.3, 0.4) is 0 Å². The topological polar surface area (TPSA) is 41.1 Å². The molecule has 184 valence electrons. The third-order valence-corrected chi connectivity index (χ3v) is 4.36. The van der Waals surface area contributed by atoms with Crippen LogP contribution in [-0.2, 0) is 24.7 Å². The smallest absolute Gasteiger partial charge is 0.350 e. The second-order valence-electron chi connectivity index (χ2n) is 6.92. The second-order valence-corrected chi connectivity index (χ2v) is 6.92. The lowest BCUT2D eigenvalue weighted by molar-refractivity contribution is -0.144. The number of benzene rings is 2. The second kappa shape index (κ2) is 7.84. The highest BCUT2D eigenvalue weighted by molar-refractivity contribution is 5.90. The number of rotatable bonds is 4. The summed E-state index contributed by atoms with van der Waals surface area (Å²) in [6, 6.07) is 0.646. The van der Waals surface area contributed by atoms with Crippen LogP contribution >= 0.6 is 0 Å². The molecule has 3 aromatic rings. The molecule has 0 aromatic heterocycles. The minimum atomic E-state index is -5.19. The minimum Gasteiger partial charge on any atom is -0.350 e. The van der Waals surface area contributed by atoms with Crippen LogP contribution in [0.25, 0.3) is 0 Å². The third kappa shape index (κ3) is 5.56. The molecule has 0 radical (unpaired) electrons. The first-order valence-electron chi connectivity index (χ1n) is 8.69. The van der Waals surface area contributed by atoms with E-state index in [1.807, 2.05) is 10.6 Å². The van der Waals surface area contributed by atoms with Gasteiger partial charge in [0.2, 0.25) is 5.43 Å². The summed E-state index contributed by atoms with van der Waals surface area (Å²) in [5.74, 6) is 0. The predicted molar refractivity (Wildman–Crippen MR) is 94.5 cm³/mol. The van der Waals surface area contributed by atoms with Crippen LogP contribution in [0.1, 0.15) is 22.3 Å². The van der Waals surface area contributed by atoms with Crippen LogP contribution in [0.4, 0.5) is 75.4 Å². The first-order valence-corrected chi connectivity index (χ1v) is 8.69. The summed E-state index contributed by atoms with van der Waals surface area (Å²) in [5, 5.41) is 3.95. The van der Waals surface area contributed by atoms with Gasteiger partial charge in [-0.05, 0) is 36.4 Å². The van der Waals surface area contributed by atoms with E-state index in [9.17, 15) is 57.5 Å². The zero-order chi connectivity index (χ0) is 25.9. The maximum Gasteiger partial charge on any atom is 0.416 e. The van der Waals surface area contributed by atoms with Crippen molar-refractivity contribution in [3.63, 3.8) is 0 Å². The van der Waals surface area contributed by atoms with Gasteiger partial charge in [-0.3, -0.25) is 4.79 Å². The molecule has 2 N–H and O–H groups in total. The molecule has 0 saturated carbocycles. The van der Waals surface area contributed by atoms with Crippen LogP contribution in [0.2, 0.25) is 0 Å². The standard InChI is InChI=1S/C19H8F12N2O/c20-16(21,22)7-1-8(17(23,24)25)4-11(3-7)32-13-14(15(13)34)33-12-5-9(18(26,27)28)2-10(6-12)19(29,30)31/h1-6,32-33H. The van der Waals surface area contributed by atoms with Gasteiger partial charge in [-0.1, -0.05) is 0 Å². The summed E-state index contributed by atoms with van der Waals surface area (Å²) < 4.78 is 155. The average Bonchev–Trinajstić information content (AvgIpc) is 3.25. The number of alkyl halides is 12. The van der Waals surface area contributed by atoms with Crippen molar-refractivity contribution in [1.29, 1.82) is 0 Å². The van der Waals surface area contributed by atoms with Crippen LogP contribution < -0.4 is 16.1 Å². The van der Waals surface area contributed by atoms with Crippen molar-refractivity contribution in [2.75, 3.05) is 10.6 Å². The van der Waals surface area contributed by atoms with Gasteiger partial charge < -0.3 is 10.6 Å². The van der Waals surface area contributed by atoms with E-state index in [1.54, 1.807) is 0 Å². The Morgan fingerprint density at radius 3 is 0.882 bits per heavy atom. The van der Waals surface area contributed by atoms with Crippen molar-refractivity contribution in [1.82, 2.24) is 0 Å². The number of anilines is 4. The van der Waals surface area contributed by atoms with E-state index in [-0.39, 0.29) is 36.4 Å². The summed E-state index contributed by atoms with van der Waals surface area (Å²) in [7, 11) is 0. The fourth-order valence-electron chi connectivity index (χ4n) is 2.75. The molecule has 0 unspecified atom stereocenters. The summed E-state index contributed by atoms with van der Waals surface area (Å²) in [5.41, 5.74) is -10.8. The van der Waals surface area contributed by atoms with Crippen LogP contribution in [0.15, 0.2) is 41.2 Å². The minimum absolute atomic E-state index is 0.172. The summed E-state index contributed by atoms with van der Waals surface area (Å²) >= 11 is 0. The lowest BCUT2D eigenvalue weighted by Crippen LogP contribution is -2.11. The van der Waals surface area contributed by atoms with Crippen LogP contribution in [0, 0.1) is 0 Å². The Morgan fingerprint density at radius 2 is 0.676 bits per heavy atom. The molecular formula is C19H8F12N2O. The van der Waals surface area contributed by atoms with Crippen LogP contribution in [-0.4, -0.2) is 0 Å². The first-order chi connectivity index (χ1) is 15.3. The van der Waals surface area contributed by atoms with E-state index in [2.05, 4.69) is 0 Å². The third-order valence-electron chi connectivity index (χ3n) is 4.36. The zero-order valence-corrected chi connectivity index (χ0v) is 15.9. The van der Waals surface area contributed by atoms with Crippen molar-refractivity contribution < 1.29 is 52.7 Å². The molecule has 0 amide bonds. The molecule has 15 heteroatoms. The lowest BCUT2D eigenvalue weighted by atomic mass is 10.1. The maximum atomic E-state index is 12.9. The van der Waals surface area contributed by atoms with Gasteiger partial charge in [0.25, 0.3) is 0 Å². The summed E-state index contributed by atoms with van der Waals surface area (Å²) in [6.45, 7) is 0. The quantitative estimate of drug-likeness (QED) is 0.359. The molecule has 0 aliphatic carbocycles. The molecular weight excluding hydrogens is 500 g/mol. The van der Waals surface area contributed by atoms with Gasteiger partial charge in [-0.2, -0.15) is 52.7 Å². The molecule has 0 spiro atoms. The molecule has 34 heavy (non-hydrogen) atoms. The van der Waals surface area contributed by atoms with Crippen molar-refractivity contribution in [2.24, 2.45) is 0 Å². The predicted octanol–water partition coefficient (Wildman–Crippen LogP) is 7.48. The number of hydrogen-bond donors (Lipinski definition) is 2. The molecule has 0 atom stereocenters. The molecule has 0 aliphatic rings. The number of hydrogen-bond acceptors (Lipinski definition) is 3. The van der Waals surface area contributed by atoms with Crippen molar-refractivity contribution in [2.45, 2.75) is 24.7 Å². The lowest BCUT2D eigenvalue weighted by Gasteiger charge is -2.15. The summed E-state index contributed by atoms with van der Waals surface area (Å²) in [4.78, 5) is 11.9. The van der Waals surface area contributed by atoms with E-state index in [1.165, 1.54) is 0 Å². The monoisotopic (exact) mass is 508 g/mol. The SMILES string of the molecule is O=c1c(Nc2cc(C(F)(F)F)cc(C(F)(F)F)c2)c1Nc1cc(C(F)(F)F)cc(C(F)(F)F)c1. The van der Waals surface area contributed by atoms with Gasteiger partial charge in [-0.25, -0.2) is 0 Å². The fourth-order valence-corrected chi connectivity index (χ4v) is 2.75. The van der Waals surface area contributed by atoms with Gasteiger partial charge in [0.1, 0.15) is 11.4 Å². The first kappa shape index (κ1) is 25.2. The number of halogens is 12. The Kier molecular flexibility index (Phi) is 5.82. The van der Waals surface area contributed by atoms with E-state index in [4.69, 9.17) is 0 Å².